The number of para-hydroxylation sites is 1. The minimum atomic E-state index is -1.02. The molecule has 3 aliphatic heterocycles. The molecule has 2 fully saturated rings. The Morgan fingerprint density at radius 2 is 2.06 bits per heavy atom. The number of hydrogen-bond donors (Lipinski definition) is 1. The number of nitrogens with one attached hydrogen (secondary N) is 1. The summed E-state index contributed by atoms with van der Waals surface area (Å²) in [5.41, 5.74) is 0.757. The fourth-order valence-electron chi connectivity index (χ4n) is 5.46. The highest BCUT2D eigenvalue weighted by atomic mass is 32.2. The summed E-state index contributed by atoms with van der Waals surface area (Å²) in [5, 5.41) is 2.76. The lowest BCUT2D eigenvalue weighted by atomic mass is 9.70. The highest BCUT2D eigenvalue weighted by Gasteiger charge is 2.51. The third-order valence-corrected chi connectivity index (χ3v) is 7.89. The van der Waals surface area contributed by atoms with E-state index in [1.807, 2.05) is 23.1 Å². The lowest BCUT2D eigenvalue weighted by Gasteiger charge is -2.53. The summed E-state index contributed by atoms with van der Waals surface area (Å²) in [6.45, 7) is 6.86. The summed E-state index contributed by atoms with van der Waals surface area (Å²) in [6, 6.07) is 7.49. The Hall–Kier alpha value is -1.93. The zero-order valence-electron chi connectivity index (χ0n) is 19.3. The molecular formula is C24H34N2O5S. The van der Waals surface area contributed by atoms with Crippen LogP contribution in [-0.2, 0) is 25.1 Å². The molecule has 176 valence electrons. The van der Waals surface area contributed by atoms with Gasteiger partial charge in [0.2, 0.25) is 11.8 Å². The highest BCUT2D eigenvalue weighted by Crippen LogP contribution is 2.52. The fourth-order valence-corrected chi connectivity index (χ4v) is 6.03. The molecule has 4 rings (SSSR count). The van der Waals surface area contributed by atoms with E-state index in [0.29, 0.717) is 25.3 Å². The monoisotopic (exact) mass is 462 g/mol. The molecule has 1 aromatic rings. The zero-order chi connectivity index (χ0) is 23.0. The third kappa shape index (κ3) is 4.71. The van der Waals surface area contributed by atoms with E-state index in [4.69, 9.17) is 9.47 Å². The number of rotatable bonds is 5. The van der Waals surface area contributed by atoms with Crippen LogP contribution in [0.4, 0.5) is 0 Å². The molecule has 2 saturated heterocycles. The van der Waals surface area contributed by atoms with E-state index in [2.05, 4.69) is 25.2 Å². The number of carbonyl (C=O) groups excluding carboxylic acids is 2. The maximum absolute atomic E-state index is 13.2. The van der Waals surface area contributed by atoms with Crippen LogP contribution in [0.1, 0.15) is 51.7 Å². The third-order valence-electron chi connectivity index (χ3n) is 7.08. The van der Waals surface area contributed by atoms with Crippen molar-refractivity contribution in [2.24, 2.45) is 11.8 Å². The van der Waals surface area contributed by atoms with Gasteiger partial charge >= 0.3 is 0 Å². The van der Waals surface area contributed by atoms with Gasteiger partial charge in [0, 0.05) is 60.2 Å². The number of amides is 2. The van der Waals surface area contributed by atoms with Crippen LogP contribution in [0.5, 0.6) is 5.75 Å². The summed E-state index contributed by atoms with van der Waals surface area (Å²) in [5.74, 6) is 1.37. The first-order chi connectivity index (χ1) is 15.2. The van der Waals surface area contributed by atoms with Crippen LogP contribution in [0.2, 0.25) is 0 Å². The normalized spacial score (nSPS) is 30.1. The molecule has 6 atom stereocenters. The molecule has 2 amide bonds. The van der Waals surface area contributed by atoms with Gasteiger partial charge in [-0.15, -0.1) is 0 Å². The minimum Gasteiger partial charge on any atom is -0.487 e. The van der Waals surface area contributed by atoms with E-state index in [0.717, 1.165) is 24.2 Å². The van der Waals surface area contributed by atoms with Crippen molar-refractivity contribution in [3.63, 3.8) is 0 Å². The van der Waals surface area contributed by atoms with Gasteiger partial charge in [0.1, 0.15) is 17.4 Å². The number of carbonyl (C=O) groups is 2. The molecule has 0 unspecified atom stereocenters. The molecule has 3 aliphatic rings. The number of hydrogen-bond acceptors (Lipinski definition) is 5. The maximum atomic E-state index is 13.2. The Morgan fingerprint density at radius 3 is 2.78 bits per heavy atom. The molecule has 0 aliphatic carbocycles. The molecule has 0 aromatic heterocycles. The topological polar surface area (TPSA) is 84.9 Å². The Balaban J connectivity index is 1.48. The van der Waals surface area contributed by atoms with Gasteiger partial charge in [-0.1, -0.05) is 18.2 Å². The molecule has 0 radical (unpaired) electrons. The molecule has 8 heteroatoms. The summed E-state index contributed by atoms with van der Waals surface area (Å²) in [7, 11) is -1.02. The van der Waals surface area contributed by atoms with E-state index in [-0.39, 0.29) is 41.5 Å². The molecule has 3 heterocycles. The van der Waals surface area contributed by atoms with Crippen molar-refractivity contribution < 1.29 is 23.3 Å². The lowest BCUT2D eigenvalue weighted by molar-refractivity contribution is -0.189. The minimum absolute atomic E-state index is 0.00473. The summed E-state index contributed by atoms with van der Waals surface area (Å²) in [4.78, 5) is 26.7. The lowest BCUT2D eigenvalue weighted by Crippen LogP contribution is -2.58. The number of fused-ring (bicyclic) bond motifs is 4. The van der Waals surface area contributed by atoms with Crippen molar-refractivity contribution in [3.8, 4) is 5.75 Å². The van der Waals surface area contributed by atoms with Crippen LogP contribution in [0, 0.1) is 11.8 Å². The predicted octanol–water partition coefficient (Wildman–Crippen LogP) is 2.43. The van der Waals surface area contributed by atoms with Gasteiger partial charge in [0.25, 0.3) is 0 Å². The second kappa shape index (κ2) is 9.14. The molecule has 32 heavy (non-hydrogen) atoms. The van der Waals surface area contributed by atoms with Crippen molar-refractivity contribution in [1.82, 2.24) is 10.2 Å². The first-order valence-electron chi connectivity index (χ1n) is 11.4. The van der Waals surface area contributed by atoms with Gasteiger partial charge in [0.05, 0.1) is 12.2 Å². The van der Waals surface area contributed by atoms with Crippen LogP contribution in [0.25, 0.3) is 0 Å². The maximum Gasteiger partial charge on any atom is 0.245 e. The van der Waals surface area contributed by atoms with Gasteiger partial charge in [-0.2, -0.15) is 0 Å². The number of nitrogens with zero attached hydrogens (tertiary/aromatic N) is 1. The Morgan fingerprint density at radius 1 is 1.31 bits per heavy atom. The predicted molar refractivity (Wildman–Crippen MR) is 123 cm³/mol. The van der Waals surface area contributed by atoms with Gasteiger partial charge in [-0.05, 0) is 39.2 Å². The van der Waals surface area contributed by atoms with Crippen LogP contribution in [-0.4, -0.2) is 63.8 Å². The molecule has 1 aromatic carbocycles. The van der Waals surface area contributed by atoms with Gasteiger partial charge in [-0.25, -0.2) is 0 Å². The fraction of sp³-hybridized carbons (Fsp3) is 0.667. The van der Waals surface area contributed by atoms with Crippen LogP contribution in [0.15, 0.2) is 24.3 Å². The largest absolute Gasteiger partial charge is 0.487 e. The first kappa shape index (κ1) is 23.2. The Labute approximate surface area is 192 Å². The van der Waals surface area contributed by atoms with E-state index in [1.54, 1.807) is 6.26 Å². The van der Waals surface area contributed by atoms with Gasteiger partial charge in [0.15, 0.2) is 0 Å². The number of benzene rings is 1. The van der Waals surface area contributed by atoms with Crippen LogP contribution < -0.4 is 10.1 Å². The van der Waals surface area contributed by atoms with E-state index in [9.17, 15) is 13.8 Å². The molecular weight excluding hydrogens is 428 g/mol. The van der Waals surface area contributed by atoms with E-state index >= 15 is 0 Å². The molecule has 1 N–H and O–H groups in total. The zero-order valence-corrected chi connectivity index (χ0v) is 20.2. The standard InChI is InChI=1S/C24H34N2O5S/c1-15(27)25-19(10-12-32(4)29)23(28)26-11-9-20-16(14-26)13-18-22(30-20)17-7-5-6-8-21(17)31-24(18,2)3/h5-8,16,18-20,22H,9-14H2,1-4H3,(H,25,27)/t16-,18+,19+,20+,22-,32-/m1/s1. The number of ether oxygens (including phenoxy) is 2. The average molecular weight is 463 g/mol. The Bertz CT molecular complexity index is 904. The smallest absolute Gasteiger partial charge is 0.245 e. The average Bonchev–Trinajstić information content (AvgIpc) is 2.74. The summed E-state index contributed by atoms with van der Waals surface area (Å²) in [6.07, 6.45) is 3.79. The molecule has 0 bridgehead atoms. The SMILES string of the molecule is CC(=O)N[C@@H](CC[S@@](C)=O)C(=O)N1CC[C@@H]2O[C@@H]3c4ccccc4OC(C)(C)[C@H]3C[C@@H]2C1. The van der Waals surface area contributed by atoms with Crippen LogP contribution in [0.3, 0.4) is 0 Å². The number of likely N-dealkylation sites (tertiary alicyclic amines) is 1. The van der Waals surface area contributed by atoms with Crippen molar-refractivity contribution >= 4 is 22.6 Å². The van der Waals surface area contributed by atoms with Crippen LogP contribution >= 0.6 is 0 Å². The quantitative estimate of drug-likeness (QED) is 0.727. The Kier molecular flexibility index (Phi) is 6.63. The summed E-state index contributed by atoms with van der Waals surface area (Å²) < 4.78 is 24.6. The highest BCUT2D eigenvalue weighted by molar-refractivity contribution is 7.84. The van der Waals surface area contributed by atoms with Crippen molar-refractivity contribution in [1.29, 1.82) is 0 Å². The number of piperidine rings is 1. The molecule has 0 spiro atoms. The molecule has 7 nitrogen and oxygen atoms in total. The van der Waals surface area contributed by atoms with E-state index in [1.165, 1.54) is 6.92 Å². The second-order valence-corrected chi connectivity index (χ2v) is 11.4. The second-order valence-electron chi connectivity index (χ2n) is 9.83. The molecule has 0 saturated carbocycles. The van der Waals surface area contributed by atoms with E-state index < -0.39 is 16.8 Å². The van der Waals surface area contributed by atoms with Crippen molar-refractivity contribution in [2.45, 2.75) is 63.9 Å². The van der Waals surface area contributed by atoms with Gasteiger partial charge < -0.3 is 19.7 Å². The summed E-state index contributed by atoms with van der Waals surface area (Å²) >= 11 is 0. The van der Waals surface area contributed by atoms with Gasteiger partial charge in [-0.3, -0.25) is 13.8 Å². The van der Waals surface area contributed by atoms with Crippen molar-refractivity contribution in [3.05, 3.63) is 29.8 Å². The van der Waals surface area contributed by atoms with Crippen molar-refractivity contribution in [2.75, 3.05) is 25.1 Å². The first-order valence-corrected chi connectivity index (χ1v) is 13.2.